The van der Waals surface area contributed by atoms with Crippen LogP contribution in [0.25, 0.3) is 0 Å². The second kappa shape index (κ2) is 12.4. The number of hydrogen-bond acceptors (Lipinski definition) is 5. The normalized spacial score (nSPS) is 18.1. The Morgan fingerprint density at radius 2 is 1.36 bits per heavy atom. The Kier molecular flexibility index (Phi) is 9.88. The summed E-state index contributed by atoms with van der Waals surface area (Å²) in [4.78, 5) is 19.4. The van der Waals surface area contributed by atoms with Crippen molar-refractivity contribution < 1.29 is 18.8 Å². The van der Waals surface area contributed by atoms with Crippen molar-refractivity contribution >= 4 is 18.8 Å². The van der Waals surface area contributed by atoms with Gasteiger partial charge in [-0.1, -0.05) is 87.4 Å². The van der Waals surface area contributed by atoms with Crippen LogP contribution in [0.15, 0.2) is 65.7 Å². The molecule has 1 aliphatic rings. The number of esters is 1. The monoisotopic (exact) mass is 533 g/mol. The molecule has 0 N–H and O–H groups in total. The average molecular weight is 534 g/mol. The van der Waals surface area contributed by atoms with Crippen LogP contribution >= 0.6 is 0 Å². The maximum atomic E-state index is 14.1. The van der Waals surface area contributed by atoms with Gasteiger partial charge in [0, 0.05) is 11.1 Å². The molecule has 39 heavy (non-hydrogen) atoms. The molecule has 1 aliphatic heterocycles. The van der Waals surface area contributed by atoms with Gasteiger partial charge >= 0.3 is 13.1 Å². The minimum atomic E-state index is -1.02. The molecule has 5 nitrogen and oxygen atoms in total. The minimum absolute atomic E-state index is 0.247. The Morgan fingerprint density at radius 1 is 0.872 bits per heavy atom. The molecule has 0 aliphatic carbocycles. The maximum Gasteiger partial charge on any atom is 0.457 e. The van der Waals surface area contributed by atoms with E-state index in [1.165, 1.54) is 0 Å². The number of hydrogen-bond donors (Lipinski definition) is 0. The lowest BCUT2D eigenvalue weighted by Crippen LogP contribution is -2.44. The van der Waals surface area contributed by atoms with Gasteiger partial charge in [-0.25, -0.2) is 4.79 Å². The zero-order valence-corrected chi connectivity index (χ0v) is 25.5. The molecule has 0 amide bonds. The summed E-state index contributed by atoms with van der Waals surface area (Å²) < 4.78 is 18.5. The first kappa shape index (κ1) is 31.1. The topological polar surface area (TPSA) is 57.1 Å². The Hall–Kier alpha value is -2.44. The molecular weight excluding hydrogens is 485 g/mol. The van der Waals surface area contributed by atoms with E-state index in [9.17, 15) is 4.79 Å². The van der Waals surface area contributed by atoms with Crippen LogP contribution in [0, 0.1) is 5.92 Å². The number of carbonyl (C=O) groups is 1. The second-order valence-electron chi connectivity index (χ2n) is 13.3. The summed E-state index contributed by atoms with van der Waals surface area (Å²) in [5, 5.41) is 0. The third-order valence-corrected chi connectivity index (χ3v) is 7.53. The largest absolute Gasteiger partial charge is 0.458 e. The van der Waals surface area contributed by atoms with E-state index in [2.05, 4.69) is 65.8 Å². The van der Waals surface area contributed by atoms with Gasteiger partial charge in [-0.05, 0) is 73.5 Å². The Bertz CT molecular complexity index is 1050. The van der Waals surface area contributed by atoms with Crippen molar-refractivity contribution in [1.29, 1.82) is 0 Å². The molecule has 1 saturated heterocycles. The van der Waals surface area contributed by atoms with Gasteiger partial charge in [0.1, 0.15) is 5.60 Å². The number of benzene rings is 2. The van der Waals surface area contributed by atoms with E-state index < -0.39 is 11.1 Å². The van der Waals surface area contributed by atoms with Crippen molar-refractivity contribution in [2.24, 2.45) is 10.9 Å². The lowest BCUT2D eigenvalue weighted by atomic mass is 9.79. The summed E-state index contributed by atoms with van der Waals surface area (Å²) in [6, 6.07) is 20.3. The molecule has 2 aromatic carbocycles. The molecule has 0 saturated carbocycles. The standard InChI is InChI=1S/C33H48BNO4/c1-25(2)24-33(29(36)37-30(3,4)5,22-16-17-23-34-38-31(6,7)32(8,9)39-34)35-28(26-18-12-10-13-19-26)27-20-14-11-15-21-27/h10-15,18-21,25H,16-17,22-24H2,1-9H3. The fourth-order valence-corrected chi connectivity index (χ4v) is 5.00. The summed E-state index contributed by atoms with van der Waals surface area (Å²) in [5.74, 6) is -0.0131. The van der Waals surface area contributed by atoms with Crippen LogP contribution in [0.5, 0.6) is 0 Å². The van der Waals surface area contributed by atoms with E-state index in [0.717, 1.165) is 36.0 Å². The van der Waals surface area contributed by atoms with Gasteiger partial charge in [0.2, 0.25) is 0 Å². The van der Waals surface area contributed by atoms with E-state index in [0.29, 0.717) is 12.8 Å². The number of ether oxygens (including phenoxy) is 1. The highest BCUT2D eigenvalue weighted by Crippen LogP contribution is 2.39. The van der Waals surface area contributed by atoms with Gasteiger partial charge in [-0.3, -0.25) is 4.99 Å². The van der Waals surface area contributed by atoms with E-state index >= 15 is 0 Å². The number of unbranched alkanes of at least 4 members (excludes halogenated alkanes) is 1. The number of aliphatic imine (C=N–C) groups is 1. The van der Waals surface area contributed by atoms with E-state index in [-0.39, 0.29) is 30.2 Å². The van der Waals surface area contributed by atoms with Crippen molar-refractivity contribution in [3.05, 3.63) is 71.8 Å². The zero-order chi connectivity index (χ0) is 28.9. The van der Waals surface area contributed by atoms with E-state index in [1.807, 2.05) is 57.2 Å². The average Bonchev–Trinajstić information content (AvgIpc) is 3.05. The quantitative estimate of drug-likeness (QED) is 0.127. The third kappa shape index (κ3) is 8.28. The first-order valence-corrected chi connectivity index (χ1v) is 14.4. The zero-order valence-electron chi connectivity index (χ0n) is 25.5. The van der Waals surface area contributed by atoms with Gasteiger partial charge in [0.05, 0.1) is 16.9 Å². The van der Waals surface area contributed by atoms with Crippen LogP contribution in [-0.4, -0.2) is 41.1 Å². The first-order chi connectivity index (χ1) is 18.1. The third-order valence-electron chi connectivity index (χ3n) is 7.53. The van der Waals surface area contributed by atoms with Crippen LogP contribution < -0.4 is 0 Å². The second-order valence-corrected chi connectivity index (χ2v) is 13.3. The van der Waals surface area contributed by atoms with Gasteiger partial charge < -0.3 is 14.0 Å². The molecule has 1 heterocycles. The van der Waals surface area contributed by atoms with Crippen LogP contribution in [-0.2, 0) is 18.8 Å². The Balaban J connectivity index is 1.97. The number of nitrogens with zero attached hydrogens (tertiary/aromatic N) is 1. The summed E-state index contributed by atoms with van der Waals surface area (Å²) in [6.45, 7) is 18.3. The molecule has 1 fully saturated rings. The summed E-state index contributed by atoms with van der Waals surface area (Å²) >= 11 is 0. The van der Waals surface area contributed by atoms with Crippen LogP contribution in [0.4, 0.5) is 0 Å². The summed E-state index contributed by atoms with van der Waals surface area (Å²) in [6.07, 6.45) is 3.62. The lowest BCUT2D eigenvalue weighted by molar-refractivity contribution is -0.162. The molecule has 1 atom stereocenters. The van der Waals surface area contributed by atoms with Crippen LogP contribution in [0.2, 0.25) is 6.32 Å². The fourth-order valence-electron chi connectivity index (χ4n) is 5.00. The molecule has 2 aromatic rings. The highest BCUT2D eigenvalue weighted by molar-refractivity contribution is 6.45. The van der Waals surface area contributed by atoms with Gasteiger partial charge in [-0.15, -0.1) is 0 Å². The molecule has 0 radical (unpaired) electrons. The van der Waals surface area contributed by atoms with Gasteiger partial charge in [0.25, 0.3) is 0 Å². The smallest absolute Gasteiger partial charge is 0.457 e. The predicted octanol–water partition coefficient (Wildman–Crippen LogP) is 7.91. The van der Waals surface area contributed by atoms with Crippen molar-refractivity contribution in [2.75, 3.05) is 0 Å². The number of carbonyl (C=O) groups excluding carboxylic acids is 1. The Morgan fingerprint density at radius 3 is 1.79 bits per heavy atom. The molecule has 6 heteroatoms. The van der Waals surface area contributed by atoms with Crippen LogP contribution in [0.3, 0.4) is 0 Å². The first-order valence-electron chi connectivity index (χ1n) is 14.4. The van der Waals surface area contributed by atoms with Crippen molar-refractivity contribution in [2.45, 2.75) is 117 Å². The maximum absolute atomic E-state index is 14.1. The Labute approximate surface area is 236 Å². The minimum Gasteiger partial charge on any atom is -0.458 e. The van der Waals surface area contributed by atoms with Crippen molar-refractivity contribution in [1.82, 2.24) is 0 Å². The summed E-state index contributed by atoms with van der Waals surface area (Å²) in [5.41, 5.74) is 0.458. The highest BCUT2D eigenvalue weighted by atomic mass is 16.7. The van der Waals surface area contributed by atoms with Crippen molar-refractivity contribution in [3.63, 3.8) is 0 Å². The molecule has 1 unspecified atom stereocenters. The molecular formula is C33H48BNO4. The molecule has 0 bridgehead atoms. The molecule has 0 aromatic heterocycles. The van der Waals surface area contributed by atoms with Gasteiger partial charge in [0.15, 0.2) is 5.54 Å². The predicted molar refractivity (Wildman–Crippen MR) is 161 cm³/mol. The van der Waals surface area contributed by atoms with E-state index in [1.54, 1.807) is 0 Å². The fraction of sp³-hybridized carbons (Fsp3) is 0.576. The van der Waals surface area contributed by atoms with Crippen molar-refractivity contribution in [3.8, 4) is 0 Å². The molecule has 3 rings (SSSR count). The molecule has 0 spiro atoms. The molecule has 212 valence electrons. The SMILES string of the molecule is CC(C)CC(CCCCB1OC(C)(C)C(C)(C)O1)(N=C(c1ccccc1)c1ccccc1)C(=O)OC(C)(C)C. The van der Waals surface area contributed by atoms with Crippen LogP contribution in [0.1, 0.15) is 99.1 Å². The van der Waals surface area contributed by atoms with E-state index in [4.69, 9.17) is 19.0 Å². The van der Waals surface area contributed by atoms with Gasteiger partial charge in [-0.2, -0.15) is 0 Å². The highest BCUT2D eigenvalue weighted by Gasteiger charge is 2.50. The number of rotatable bonds is 11. The summed E-state index contributed by atoms with van der Waals surface area (Å²) in [7, 11) is -0.247. The lowest BCUT2D eigenvalue weighted by Gasteiger charge is -2.34.